The van der Waals surface area contributed by atoms with Gasteiger partial charge < -0.3 is 14.4 Å². The molecule has 5 heterocycles. The van der Waals surface area contributed by atoms with Gasteiger partial charge in [-0.05, 0) is 36.8 Å². The first-order valence-corrected chi connectivity index (χ1v) is 10.7. The largest absolute Gasteiger partial charge is 0.871 e. The molecular formula is C24H22N6O3. The van der Waals surface area contributed by atoms with E-state index in [1.807, 2.05) is 29.4 Å². The number of pyridine rings is 2. The lowest BCUT2D eigenvalue weighted by Gasteiger charge is -2.27. The molecule has 1 amide bonds. The summed E-state index contributed by atoms with van der Waals surface area (Å²) < 4.78 is 3.62. The number of aromatic nitrogens is 5. The Morgan fingerprint density at radius 1 is 1.21 bits per heavy atom. The topological polar surface area (TPSA) is 110 Å². The zero-order valence-corrected chi connectivity index (χ0v) is 18.0. The summed E-state index contributed by atoms with van der Waals surface area (Å²) in [6.07, 6.45) is 11.1. The van der Waals surface area contributed by atoms with Crippen molar-refractivity contribution in [1.82, 2.24) is 24.3 Å². The third-order valence-corrected chi connectivity index (χ3v) is 5.89. The van der Waals surface area contributed by atoms with Crippen LogP contribution >= 0.6 is 0 Å². The van der Waals surface area contributed by atoms with Gasteiger partial charge in [0.2, 0.25) is 12.1 Å². The Kier molecular flexibility index (Phi) is 5.21. The van der Waals surface area contributed by atoms with E-state index in [2.05, 4.69) is 15.0 Å². The maximum atomic E-state index is 13.8. The third-order valence-electron chi connectivity index (χ3n) is 5.89. The fourth-order valence-electron chi connectivity index (χ4n) is 4.39. The first-order chi connectivity index (χ1) is 16.1. The number of Topliss-reactive ketones (excluding diaryl/α,β-unsaturated/α-hetero) is 1. The Morgan fingerprint density at radius 3 is 2.79 bits per heavy atom. The molecule has 9 nitrogen and oxygen atoms in total. The number of likely N-dealkylation sites (tertiary alicyclic amines) is 1. The maximum absolute atomic E-state index is 13.8. The maximum Gasteiger partial charge on any atom is 0.295 e. The van der Waals surface area contributed by atoms with Crippen LogP contribution in [0, 0.1) is 6.92 Å². The van der Waals surface area contributed by atoms with Crippen molar-refractivity contribution in [2.45, 2.75) is 25.9 Å². The number of aryl methyl sites for hydroxylation is 2. The van der Waals surface area contributed by atoms with E-state index < -0.39 is 23.5 Å². The third kappa shape index (κ3) is 3.57. The van der Waals surface area contributed by atoms with Gasteiger partial charge in [0.05, 0.1) is 24.0 Å². The molecule has 33 heavy (non-hydrogen) atoms. The van der Waals surface area contributed by atoms with Crippen molar-refractivity contribution in [1.29, 1.82) is 0 Å². The normalized spacial score (nSPS) is 17.8. The number of aromatic amines is 1. The van der Waals surface area contributed by atoms with Crippen LogP contribution in [0.25, 0.3) is 11.4 Å². The summed E-state index contributed by atoms with van der Waals surface area (Å²) in [7, 11) is 0. The second-order valence-electron chi connectivity index (χ2n) is 7.93. The second-order valence-corrected chi connectivity index (χ2v) is 7.93. The lowest BCUT2D eigenvalue weighted by atomic mass is 9.97. The summed E-state index contributed by atoms with van der Waals surface area (Å²) in [5.41, 5.74) is 2.04. The van der Waals surface area contributed by atoms with Crippen molar-refractivity contribution in [3.8, 4) is 0 Å². The van der Waals surface area contributed by atoms with Crippen molar-refractivity contribution in [3.63, 3.8) is 0 Å². The number of hydrogen-bond acceptors (Lipinski definition) is 5. The molecule has 166 valence electrons. The number of hydrogen-bond donors (Lipinski definition) is 1. The molecule has 4 aromatic rings. The minimum atomic E-state index is -0.773. The molecule has 1 N–H and O–H groups in total. The van der Waals surface area contributed by atoms with Gasteiger partial charge in [-0.15, -0.1) is 0 Å². The highest BCUT2D eigenvalue weighted by molar-refractivity contribution is 6.46. The summed E-state index contributed by atoms with van der Waals surface area (Å²) in [6, 6.07) is 8.12. The van der Waals surface area contributed by atoms with Gasteiger partial charge in [0.15, 0.2) is 0 Å². The highest BCUT2D eigenvalue weighted by Gasteiger charge is 2.44. The Bertz CT molecular complexity index is 1360. The number of imidazole rings is 2. The molecule has 9 heteroatoms. The SMILES string of the molecule is Cc1nc2ccccn2c1C([O-])=C1C(=O)C(=O)N(CCC[n+]2cc[nH]c2)C1c1ccncc1. The molecule has 1 saturated heterocycles. The van der Waals surface area contributed by atoms with Crippen LogP contribution in [0.1, 0.15) is 29.4 Å². The van der Waals surface area contributed by atoms with Crippen LogP contribution in [0.2, 0.25) is 0 Å². The van der Waals surface area contributed by atoms with E-state index in [1.165, 1.54) is 4.90 Å². The fraction of sp³-hybridized carbons (Fsp3) is 0.208. The van der Waals surface area contributed by atoms with Crippen LogP contribution in [-0.4, -0.2) is 42.5 Å². The van der Waals surface area contributed by atoms with E-state index in [1.54, 1.807) is 54.2 Å². The van der Waals surface area contributed by atoms with Crippen LogP contribution in [0.3, 0.4) is 0 Å². The van der Waals surface area contributed by atoms with Gasteiger partial charge in [0.25, 0.3) is 5.91 Å². The molecule has 1 unspecified atom stereocenters. The Labute approximate surface area is 189 Å². The molecule has 0 radical (unpaired) electrons. The van der Waals surface area contributed by atoms with Gasteiger partial charge in [-0.3, -0.25) is 19.6 Å². The Hall–Kier alpha value is -4.27. The van der Waals surface area contributed by atoms with Gasteiger partial charge in [-0.25, -0.2) is 9.55 Å². The number of nitrogens with zero attached hydrogens (tertiary/aromatic N) is 5. The van der Waals surface area contributed by atoms with Crippen molar-refractivity contribution in [2.24, 2.45) is 0 Å². The van der Waals surface area contributed by atoms with Crippen molar-refractivity contribution < 1.29 is 19.3 Å². The molecule has 0 saturated carbocycles. The standard InChI is InChI=1S/C24H22N6O3/c1-16-20(29-12-3-2-5-18(29)27-16)22(31)19-21(17-6-8-25-9-7-17)30(24(33)23(19)32)13-4-11-28-14-10-26-15-28/h2-3,5-10,12,14-15,21H,4,11,13H2,1H3,(H,31,32). The number of H-pyrrole nitrogens is 1. The molecule has 0 spiro atoms. The Balaban J connectivity index is 1.59. The van der Waals surface area contributed by atoms with Crippen molar-refractivity contribution in [3.05, 3.63) is 90.2 Å². The first kappa shape index (κ1) is 20.6. The molecule has 5 rings (SSSR count). The van der Waals surface area contributed by atoms with E-state index in [9.17, 15) is 14.7 Å². The van der Waals surface area contributed by atoms with Gasteiger partial charge >= 0.3 is 0 Å². The minimum absolute atomic E-state index is 0.0470. The molecular weight excluding hydrogens is 420 g/mol. The predicted octanol–water partition coefficient (Wildman–Crippen LogP) is 0.968. The number of ketones is 1. The van der Waals surface area contributed by atoms with Crippen LogP contribution in [0.5, 0.6) is 0 Å². The van der Waals surface area contributed by atoms with Crippen molar-refractivity contribution >= 4 is 23.1 Å². The highest BCUT2D eigenvalue weighted by Crippen LogP contribution is 2.39. The number of amides is 1. The van der Waals surface area contributed by atoms with Gasteiger partial charge in [0, 0.05) is 37.1 Å². The van der Waals surface area contributed by atoms with Crippen molar-refractivity contribution in [2.75, 3.05) is 6.54 Å². The average Bonchev–Trinajstić information content (AvgIpc) is 3.52. The minimum Gasteiger partial charge on any atom is -0.871 e. The summed E-state index contributed by atoms with van der Waals surface area (Å²) in [5.74, 6) is -1.90. The monoisotopic (exact) mass is 442 g/mol. The van der Waals surface area contributed by atoms with E-state index in [0.29, 0.717) is 42.1 Å². The fourth-order valence-corrected chi connectivity index (χ4v) is 4.39. The van der Waals surface area contributed by atoms with E-state index >= 15 is 0 Å². The van der Waals surface area contributed by atoms with E-state index in [4.69, 9.17) is 0 Å². The molecule has 1 aliphatic heterocycles. The number of fused-ring (bicyclic) bond motifs is 1. The quantitative estimate of drug-likeness (QED) is 0.207. The Morgan fingerprint density at radius 2 is 2.03 bits per heavy atom. The van der Waals surface area contributed by atoms with Crippen LogP contribution in [0.4, 0.5) is 0 Å². The van der Waals surface area contributed by atoms with Gasteiger partial charge in [0.1, 0.15) is 18.0 Å². The van der Waals surface area contributed by atoms with Crippen LogP contribution in [-0.2, 0) is 16.1 Å². The second kappa shape index (κ2) is 8.34. The van der Waals surface area contributed by atoms with Crippen LogP contribution < -0.4 is 9.67 Å². The molecule has 0 bridgehead atoms. The predicted molar refractivity (Wildman–Crippen MR) is 116 cm³/mol. The molecule has 4 aromatic heterocycles. The molecule has 0 aromatic carbocycles. The number of rotatable bonds is 6. The smallest absolute Gasteiger partial charge is 0.295 e. The summed E-state index contributed by atoms with van der Waals surface area (Å²) in [6.45, 7) is 2.73. The van der Waals surface area contributed by atoms with E-state index in [-0.39, 0.29) is 5.57 Å². The molecule has 0 aliphatic carbocycles. The summed E-state index contributed by atoms with van der Waals surface area (Å²) in [4.78, 5) is 39.2. The highest BCUT2D eigenvalue weighted by atomic mass is 16.3. The number of carbonyl (C=O) groups excluding carboxylic acids is 2. The average molecular weight is 442 g/mol. The van der Waals surface area contributed by atoms with E-state index in [0.717, 1.165) is 0 Å². The van der Waals surface area contributed by atoms with Gasteiger partial charge in [-0.2, -0.15) is 0 Å². The zero-order valence-electron chi connectivity index (χ0n) is 18.0. The summed E-state index contributed by atoms with van der Waals surface area (Å²) >= 11 is 0. The first-order valence-electron chi connectivity index (χ1n) is 10.7. The van der Waals surface area contributed by atoms with Crippen LogP contribution in [0.15, 0.2) is 73.2 Å². The lowest BCUT2D eigenvalue weighted by Crippen LogP contribution is -2.36. The van der Waals surface area contributed by atoms with Gasteiger partial charge in [-0.1, -0.05) is 11.8 Å². The lowest BCUT2D eigenvalue weighted by molar-refractivity contribution is -0.695. The number of carbonyl (C=O) groups is 2. The summed E-state index contributed by atoms with van der Waals surface area (Å²) in [5, 5.41) is 13.8. The molecule has 1 fully saturated rings. The number of nitrogens with one attached hydrogen (secondary N) is 1. The molecule has 1 aliphatic rings. The zero-order chi connectivity index (χ0) is 22.9. The molecule has 1 atom stereocenters.